The third-order valence-electron chi connectivity index (χ3n) is 8.38. The summed E-state index contributed by atoms with van der Waals surface area (Å²) in [5.74, 6) is 1.02. The number of nitrogens with one attached hydrogen (secondary N) is 1. The quantitative estimate of drug-likeness (QED) is 0.634. The first-order valence-electron chi connectivity index (χ1n) is 13.8. The summed E-state index contributed by atoms with van der Waals surface area (Å²) in [6, 6.07) is 13.7. The van der Waals surface area contributed by atoms with Gasteiger partial charge in [0.15, 0.2) is 0 Å². The number of hydrogen-bond donors (Lipinski definition) is 1. The van der Waals surface area contributed by atoms with Crippen LogP contribution >= 0.6 is 0 Å². The largest absolute Gasteiger partial charge is 0.491 e. The van der Waals surface area contributed by atoms with Gasteiger partial charge < -0.3 is 24.4 Å². The lowest BCUT2D eigenvalue weighted by atomic mass is 9.85. The number of nitrogens with zero attached hydrogens (tertiary/aromatic N) is 1. The van der Waals surface area contributed by atoms with Gasteiger partial charge in [0.1, 0.15) is 12.4 Å². The Labute approximate surface area is 214 Å². The molecule has 2 aromatic rings. The molecule has 1 aliphatic carbocycles. The molecule has 6 heteroatoms. The number of fused-ring (bicyclic) bond motifs is 2. The molecule has 4 aliphatic rings. The first kappa shape index (κ1) is 24.0. The van der Waals surface area contributed by atoms with Crippen molar-refractivity contribution in [3.63, 3.8) is 0 Å². The molecule has 36 heavy (non-hydrogen) atoms. The van der Waals surface area contributed by atoms with Crippen molar-refractivity contribution >= 4 is 5.91 Å². The van der Waals surface area contributed by atoms with Gasteiger partial charge in [-0.25, -0.2) is 0 Å². The van der Waals surface area contributed by atoms with E-state index in [0.29, 0.717) is 12.6 Å². The van der Waals surface area contributed by atoms with E-state index in [1.165, 1.54) is 16.7 Å². The second-order valence-electron chi connectivity index (χ2n) is 10.8. The van der Waals surface area contributed by atoms with Gasteiger partial charge in [0.2, 0.25) is 0 Å². The van der Waals surface area contributed by atoms with Crippen LogP contribution < -0.4 is 10.1 Å². The standard InChI is InChI=1S/C30H38N2O4/c33-30-29-8-7-27(36-20-28-2-1-13-35-28)18-24(29)9-12-32(30)26-6-5-22-16-21(3-4-23(22)17-26)19-31-25-10-14-34-15-11-25/h3-4,7-8,16,18,25-26,28,31H,1-2,5-6,9-15,17,19-20H2/t26-,28-/m0/s1. The molecule has 1 N–H and O–H groups in total. The van der Waals surface area contributed by atoms with Gasteiger partial charge >= 0.3 is 0 Å². The highest BCUT2D eigenvalue weighted by atomic mass is 16.5. The summed E-state index contributed by atoms with van der Waals surface area (Å²) < 4.78 is 17.1. The van der Waals surface area contributed by atoms with Gasteiger partial charge in [-0.05, 0) is 91.8 Å². The van der Waals surface area contributed by atoms with Crippen LogP contribution in [0.15, 0.2) is 36.4 Å². The summed E-state index contributed by atoms with van der Waals surface area (Å²) in [7, 11) is 0. The van der Waals surface area contributed by atoms with Gasteiger partial charge in [-0.3, -0.25) is 4.79 Å². The zero-order valence-corrected chi connectivity index (χ0v) is 21.2. The van der Waals surface area contributed by atoms with Crippen LogP contribution in [0, 0.1) is 0 Å². The van der Waals surface area contributed by atoms with Crippen LogP contribution in [0.4, 0.5) is 0 Å². The highest BCUT2D eigenvalue weighted by molar-refractivity contribution is 5.97. The smallest absolute Gasteiger partial charge is 0.254 e. The van der Waals surface area contributed by atoms with Crippen LogP contribution in [0.2, 0.25) is 0 Å². The van der Waals surface area contributed by atoms with E-state index in [1.54, 1.807) is 0 Å². The molecule has 0 saturated carbocycles. The van der Waals surface area contributed by atoms with Crippen molar-refractivity contribution in [3.05, 3.63) is 64.2 Å². The van der Waals surface area contributed by atoms with Crippen LogP contribution in [-0.2, 0) is 35.3 Å². The van der Waals surface area contributed by atoms with Crippen molar-refractivity contribution < 1.29 is 19.0 Å². The Balaban J connectivity index is 1.06. The normalized spacial score (nSPS) is 24.4. The van der Waals surface area contributed by atoms with E-state index in [4.69, 9.17) is 14.2 Å². The highest BCUT2D eigenvalue weighted by Crippen LogP contribution is 2.31. The summed E-state index contributed by atoms with van der Waals surface area (Å²) in [6.45, 7) is 4.87. The second-order valence-corrected chi connectivity index (χ2v) is 10.8. The van der Waals surface area contributed by atoms with Crippen LogP contribution in [0.25, 0.3) is 0 Å². The van der Waals surface area contributed by atoms with Gasteiger partial charge in [0, 0.05) is 50.6 Å². The molecule has 2 fully saturated rings. The van der Waals surface area contributed by atoms with E-state index >= 15 is 0 Å². The molecule has 2 saturated heterocycles. The fraction of sp³-hybridized carbons (Fsp3) is 0.567. The molecule has 0 bridgehead atoms. The van der Waals surface area contributed by atoms with E-state index in [-0.39, 0.29) is 18.1 Å². The molecule has 3 aliphatic heterocycles. The predicted octanol–water partition coefficient (Wildman–Crippen LogP) is 4.07. The van der Waals surface area contributed by atoms with Crippen LogP contribution in [0.1, 0.15) is 64.7 Å². The molecule has 0 spiro atoms. The Morgan fingerprint density at radius 3 is 2.72 bits per heavy atom. The lowest BCUT2D eigenvalue weighted by Crippen LogP contribution is -2.47. The molecule has 0 radical (unpaired) electrons. The summed E-state index contributed by atoms with van der Waals surface area (Å²) >= 11 is 0. The minimum absolute atomic E-state index is 0.174. The average Bonchev–Trinajstić information content (AvgIpc) is 3.45. The van der Waals surface area contributed by atoms with Gasteiger partial charge in [-0.1, -0.05) is 18.2 Å². The molecule has 6 nitrogen and oxygen atoms in total. The molecule has 2 aromatic carbocycles. The first-order valence-corrected chi connectivity index (χ1v) is 13.8. The van der Waals surface area contributed by atoms with Crippen molar-refractivity contribution in [2.24, 2.45) is 0 Å². The maximum Gasteiger partial charge on any atom is 0.254 e. The maximum atomic E-state index is 13.4. The molecule has 0 aromatic heterocycles. The summed E-state index contributed by atoms with van der Waals surface area (Å²) in [5, 5.41) is 3.70. The van der Waals surface area contributed by atoms with E-state index < -0.39 is 0 Å². The first-order chi connectivity index (χ1) is 17.7. The summed E-state index contributed by atoms with van der Waals surface area (Å²) in [4.78, 5) is 15.6. The number of carbonyl (C=O) groups excluding carboxylic acids is 1. The molecule has 6 rings (SSSR count). The highest BCUT2D eigenvalue weighted by Gasteiger charge is 2.32. The number of rotatable bonds is 7. The van der Waals surface area contributed by atoms with E-state index in [1.807, 2.05) is 12.1 Å². The fourth-order valence-electron chi connectivity index (χ4n) is 6.21. The van der Waals surface area contributed by atoms with Crippen LogP contribution in [-0.4, -0.2) is 62.0 Å². The predicted molar refractivity (Wildman–Crippen MR) is 139 cm³/mol. The SMILES string of the molecule is O=C1c2ccc(OC[C@@H]3CCCO3)cc2CCN1[C@H]1CCc2cc(CNC3CCOCC3)ccc2C1. The number of amides is 1. The van der Waals surface area contributed by atoms with Gasteiger partial charge in [0.25, 0.3) is 5.91 Å². The van der Waals surface area contributed by atoms with Crippen molar-refractivity contribution in [2.45, 2.75) is 76.1 Å². The lowest BCUT2D eigenvalue weighted by molar-refractivity contribution is 0.0638. The minimum atomic E-state index is 0.174. The monoisotopic (exact) mass is 490 g/mol. The zero-order chi connectivity index (χ0) is 24.3. The minimum Gasteiger partial charge on any atom is -0.491 e. The van der Waals surface area contributed by atoms with E-state index in [2.05, 4.69) is 34.5 Å². The molecular weight excluding hydrogens is 452 g/mol. The summed E-state index contributed by atoms with van der Waals surface area (Å²) in [6.07, 6.45) is 8.50. The number of benzene rings is 2. The molecule has 3 heterocycles. The molecule has 1 amide bonds. The molecule has 2 atom stereocenters. The van der Waals surface area contributed by atoms with Crippen molar-refractivity contribution in [1.29, 1.82) is 0 Å². The fourth-order valence-corrected chi connectivity index (χ4v) is 6.21. The Hall–Kier alpha value is -2.41. The third kappa shape index (κ3) is 5.31. The van der Waals surface area contributed by atoms with Crippen LogP contribution in [0.5, 0.6) is 5.75 Å². The van der Waals surface area contributed by atoms with E-state index in [0.717, 1.165) is 101 Å². The van der Waals surface area contributed by atoms with Crippen molar-refractivity contribution in [1.82, 2.24) is 10.2 Å². The number of ether oxygens (including phenoxy) is 3. The number of hydrogen-bond acceptors (Lipinski definition) is 5. The van der Waals surface area contributed by atoms with Crippen molar-refractivity contribution in [2.75, 3.05) is 33.0 Å². The van der Waals surface area contributed by atoms with Crippen molar-refractivity contribution in [3.8, 4) is 5.75 Å². The topological polar surface area (TPSA) is 60.0 Å². The number of aryl methyl sites for hydroxylation is 1. The molecular formula is C30H38N2O4. The van der Waals surface area contributed by atoms with Gasteiger partial charge in [-0.2, -0.15) is 0 Å². The number of carbonyl (C=O) groups is 1. The zero-order valence-electron chi connectivity index (χ0n) is 21.2. The third-order valence-corrected chi connectivity index (χ3v) is 8.38. The Morgan fingerprint density at radius 2 is 1.86 bits per heavy atom. The second kappa shape index (κ2) is 10.9. The molecule has 0 unspecified atom stereocenters. The lowest BCUT2D eigenvalue weighted by Gasteiger charge is -2.38. The van der Waals surface area contributed by atoms with Crippen LogP contribution in [0.3, 0.4) is 0 Å². The maximum absolute atomic E-state index is 13.4. The molecule has 192 valence electrons. The van der Waals surface area contributed by atoms with Gasteiger partial charge in [0.05, 0.1) is 6.10 Å². The Kier molecular flexibility index (Phi) is 7.26. The Morgan fingerprint density at radius 1 is 0.944 bits per heavy atom. The average molecular weight is 491 g/mol. The van der Waals surface area contributed by atoms with E-state index in [9.17, 15) is 4.79 Å². The van der Waals surface area contributed by atoms with Gasteiger partial charge in [-0.15, -0.1) is 0 Å². The Bertz CT molecular complexity index is 1070. The summed E-state index contributed by atoms with van der Waals surface area (Å²) in [5.41, 5.74) is 6.16.